The molecule has 0 atom stereocenters. The topological polar surface area (TPSA) is 59.9 Å². The van der Waals surface area contributed by atoms with Crippen molar-refractivity contribution in [2.24, 2.45) is 0 Å². The number of sulfone groups is 1. The van der Waals surface area contributed by atoms with Crippen LogP contribution >= 0.6 is 0 Å². The molecule has 3 rings (SSSR count). The predicted octanol–water partition coefficient (Wildman–Crippen LogP) is 3.15. The van der Waals surface area contributed by atoms with E-state index in [9.17, 15) is 8.42 Å². The van der Waals surface area contributed by atoms with Crippen molar-refractivity contribution in [3.63, 3.8) is 0 Å². The van der Waals surface area contributed by atoms with E-state index in [0.717, 1.165) is 27.9 Å². The minimum atomic E-state index is -3.04. The van der Waals surface area contributed by atoms with Crippen LogP contribution in [-0.4, -0.2) is 24.6 Å². The summed E-state index contributed by atoms with van der Waals surface area (Å²) in [5.41, 5.74) is 4.41. The number of hydrogen-bond donors (Lipinski definition) is 0. The van der Waals surface area contributed by atoms with Gasteiger partial charge in [0, 0.05) is 29.1 Å². The van der Waals surface area contributed by atoms with Gasteiger partial charge in [-0.25, -0.2) is 8.42 Å². The molecule has 0 aliphatic heterocycles. The largest absolute Gasteiger partial charge is 0.256 e. The molecule has 0 spiro atoms. The molecule has 5 heteroatoms. The summed E-state index contributed by atoms with van der Waals surface area (Å²) in [4.78, 5) is 8.93. The number of aryl methyl sites for hydroxylation is 1. The number of aromatic nitrogens is 2. The van der Waals surface area contributed by atoms with Gasteiger partial charge >= 0.3 is 0 Å². The maximum atomic E-state index is 11.3. The number of hydrogen-bond acceptors (Lipinski definition) is 4. The van der Waals surface area contributed by atoms with Crippen molar-refractivity contribution in [3.8, 4) is 11.3 Å². The number of nitrogens with zero attached hydrogens (tertiary/aromatic N) is 2. The maximum absolute atomic E-state index is 11.3. The number of pyridine rings is 2. The summed E-state index contributed by atoms with van der Waals surface area (Å²) in [5, 5.41) is 1.04. The van der Waals surface area contributed by atoms with Crippen molar-refractivity contribution >= 4 is 20.7 Å². The first-order valence-electron chi connectivity index (χ1n) is 6.92. The molecule has 0 saturated carbocycles. The molecule has 0 radical (unpaired) electrons. The standard InChI is InChI=1S/C17H16N2O2S/c1-12-6-8-15-14(4-3-5-17(15)19-12)16-9-7-13(10-18-16)11-22(2,20)21/h3-10H,11H2,1-2H3. The highest BCUT2D eigenvalue weighted by Gasteiger charge is 2.08. The number of fused-ring (bicyclic) bond motifs is 1. The van der Waals surface area contributed by atoms with Gasteiger partial charge in [-0.15, -0.1) is 0 Å². The van der Waals surface area contributed by atoms with Gasteiger partial charge in [0.1, 0.15) is 0 Å². The molecule has 112 valence electrons. The van der Waals surface area contributed by atoms with Crippen LogP contribution in [0.5, 0.6) is 0 Å². The minimum absolute atomic E-state index is 0.0105. The lowest BCUT2D eigenvalue weighted by Gasteiger charge is -2.07. The van der Waals surface area contributed by atoms with E-state index in [4.69, 9.17) is 0 Å². The molecule has 2 aromatic heterocycles. The van der Waals surface area contributed by atoms with Gasteiger partial charge in [-0.1, -0.05) is 24.3 Å². The molecule has 0 N–H and O–H groups in total. The molecule has 0 bridgehead atoms. The van der Waals surface area contributed by atoms with E-state index in [0.29, 0.717) is 5.56 Å². The zero-order valence-corrected chi connectivity index (χ0v) is 13.3. The van der Waals surface area contributed by atoms with Crippen LogP contribution in [0, 0.1) is 6.92 Å². The van der Waals surface area contributed by atoms with Gasteiger partial charge in [0.15, 0.2) is 9.84 Å². The van der Waals surface area contributed by atoms with Crippen LogP contribution in [0.3, 0.4) is 0 Å². The Morgan fingerprint density at radius 3 is 2.55 bits per heavy atom. The van der Waals surface area contributed by atoms with Crippen molar-refractivity contribution in [2.45, 2.75) is 12.7 Å². The lowest BCUT2D eigenvalue weighted by atomic mass is 10.0. The lowest BCUT2D eigenvalue weighted by Crippen LogP contribution is -2.01. The summed E-state index contributed by atoms with van der Waals surface area (Å²) in [7, 11) is -3.04. The minimum Gasteiger partial charge on any atom is -0.256 e. The van der Waals surface area contributed by atoms with Gasteiger partial charge in [0.2, 0.25) is 0 Å². The molecule has 0 saturated heterocycles. The SMILES string of the molecule is Cc1ccc2c(-c3ccc(CS(C)(=O)=O)cn3)cccc2n1. The predicted molar refractivity (Wildman–Crippen MR) is 88.3 cm³/mol. The second-order valence-corrected chi connectivity index (χ2v) is 7.59. The lowest BCUT2D eigenvalue weighted by molar-refractivity contribution is 0.601. The molecule has 1 aromatic carbocycles. The van der Waals surface area contributed by atoms with Crippen molar-refractivity contribution in [1.82, 2.24) is 9.97 Å². The molecule has 0 aliphatic rings. The van der Waals surface area contributed by atoms with E-state index < -0.39 is 9.84 Å². The van der Waals surface area contributed by atoms with Gasteiger partial charge < -0.3 is 0 Å². The maximum Gasteiger partial charge on any atom is 0.151 e. The fourth-order valence-electron chi connectivity index (χ4n) is 2.45. The molecular formula is C17H16N2O2S. The summed E-state index contributed by atoms with van der Waals surface area (Å²) < 4.78 is 22.7. The third kappa shape index (κ3) is 3.14. The zero-order valence-electron chi connectivity index (χ0n) is 12.4. The molecule has 2 heterocycles. The smallest absolute Gasteiger partial charge is 0.151 e. The van der Waals surface area contributed by atoms with Crippen LogP contribution < -0.4 is 0 Å². The summed E-state index contributed by atoms with van der Waals surface area (Å²) >= 11 is 0. The molecule has 4 nitrogen and oxygen atoms in total. The highest BCUT2D eigenvalue weighted by Crippen LogP contribution is 2.26. The monoisotopic (exact) mass is 312 g/mol. The fraction of sp³-hybridized carbons (Fsp3) is 0.176. The third-order valence-electron chi connectivity index (χ3n) is 3.40. The van der Waals surface area contributed by atoms with Gasteiger partial charge in [0.25, 0.3) is 0 Å². The molecule has 0 fully saturated rings. The summed E-state index contributed by atoms with van der Waals surface area (Å²) in [6.07, 6.45) is 2.84. The van der Waals surface area contributed by atoms with Gasteiger partial charge in [-0.2, -0.15) is 0 Å². The van der Waals surface area contributed by atoms with E-state index in [2.05, 4.69) is 9.97 Å². The quantitative estimate of drug-likeness (QED) is 0.745. The normalized spacial score (nSPS) is 11.7. The Morgan fingerprint density at radius 1 is 1.05 bits per heavy atom. The van der Waals surface area contributed by atoms with Crippen molar-refractivity contribution in [2.75, 3.05) is 6.26 Å². The van der Waals surface area contributed by atoms with Crippen molar-refractivity contribution < 1.29 is 8.42 Å². The average Bonchev–Trinajstić information content (AvgIpc) is 2.45. The van der Waals surface area contributed by atoms with Gasteiger partial charge in [-0.3, -0.25) is 9.97 Å². The second-order valence-electron chi connectivity index (χ2n) is 5.45. The van der Waals surface area contributed by atoms with E-state index in [1.807, 2.05) is 49.4 Å². The van der Waals surface area contributed by atoms with Crippen LogP contribution in [0.2, 0.25) is 0 Å². The highest BCUT2D eigenvalue weighted by molar-refractivity contribution is 7.89. The van der Waals surface area contributed by atoms with Crippen LogP contribution in [-0.2, 0) is 15.6 Å². The Morgan fingerprint density at radius 2 is 1.86 bits per heavy atom. The van der Waals surface area contributed by atoms with Gasteiger partial charge in [0.05, 0.1) is 17.0 Å². The Balaban J connectivity index is 2.04. The van der Waals surface area contributed by atoms with E-state index in [1.165, 1.54) is 6.26 Å². The Hall–Kier alpha value is -2.27. The van der Waals surface area contributed by atoms with Gasteiger partial charge in [-0.05, 0) is 30.7 Å². The van der Waals surface area contributed by atoms with Crippen molar-refractivity contribution in [1.29, 1.82) is 0 Å². The second kappa shape index (κ2) is 5.50. The first-order chi connectivity index (χ1) is 10.4. The first-order valence-corrected chi connectivity index (χ1v) is 8.98. The fourth-order valence-corrected chi connectivity index (χ4v) is 3.23. The highest BCUT2D eigenvalue weighted by atomic mass is 32.2. The first kappa shape index (κ1) is 14.7. The Bertz CT molecular complexity index is 933. The molecule has 0 aliphatic carbocycles. The van der Waals surface area contributed by atoms with Crippen LogP contribution in [0.25, 0.3) is 22.2 Å². The van der Waals surface area contributed by atoms with E-state index in [-0.39, 0.29) is 5.75 Å². The zero-order chi connectivity index (χ0) is 15.7. The third-order valence-corrected chi connectivity index (χ3v) is 4.26. The Labute approximate surface area is 129 Å². The van der Waals surface area contributed by atoms with E-state index in [1.54, 1.807) is 6.20 Å². The molecule has 22 heavy (non-hydrogen) atoms. The molecule has 0 amide bonds. The molecular weight excluding hydrogens is 296 g/mol. The number of benzene rings is 1. The van der Waals surface area contributed by atoms with Crippen LogP contribution in [0.4, 0.5) is 0 Å². The van der Waals surface area contributed by atoms with Crippen molar-refractivity contribution in [3.05, 3.63) is 59.9 Å². The average molecular weight is 312 g/mol. The van der Waals surface area contributed by atoms with Crippen LogP contribution in [0.15, 0.2) is 48.7 Å². The summed E-state index contributed by atoms with van der Waals surface area (Å²) in [5.74, 6) is 0.0105. The molecule has 3 aromatic rings. The number of rotatable bonds is 3. The summed E-state index contributed by atoms with van der Waals surface area (Å²) in [6.45, 7) is 1.96. The Kier molecular flexibility index (Phi) is 3.66. The van der Waals surface area contributed by atoms with E-state index >= 15 is 0 Å². The molecule has 0 unspecified atom stereocenters. The van der Waals surface area contributed by atoms with Crippen LogP contribution in [0.1, 0.15) is 11.3 Å². The summed E-state index contributed by atoms with van der Waals surface area (Å²) in [6, 6.07) is 13.6.